The number of urea groups is 1. The highest BCUT2D eigenvalue weighted by molar-refractivity contribution is 5.76. The Morgan fingerprint density at radius 3 is 2.19 bits per heavy atom. The number of hydrogen-bond acceptors (Lipinski definition) is 2. The lowest BCUT2D eigenvalue weighted by atomic mass is 9.96. The number of hydrogen-bond donors (Lipinski definition) is 2. The highest BCUT2D eigenvalue weighted by atomic mass is 19.4. The molecule has 0 aromatic rings. The summed E-state index contributed by atoms with van der Waals surface area (Å²) in [5, 5.41) is 11.4. The Hall–Kier alpha value is -1.47. The molecule has 0 bridgehead atoms. The van der Waals surface area contributed by atoms with Crippen LogP contribution in [0.2, 0.25) is 0 Å². The minimum Gasteiger partial charge on any atom is -0.481 e. The van der Waals surface area contributed by atoms with Gasteiger partial charge in [-0.25, -0.2) is 4.79 Å². The Labute approximate surface area is 121 Å². The van der Waals surface area contributed by atoms with Crippen LogP contribution in [0.15, 0.2) is 0 Å². The zero-order chi connectivity index (χ0) is 16.2. The van der Waals surface area contributed by atoms with Gasteiger partial charge in [-0.2, -0.15) is 13.2 Å². The molecule has 0 spiro atoms. The van der Waals surface area contributed by atoms with Crippen LogP contribution in [-0.4, -0.2) is 47.3 Å². The maximum absolute atomic E-state index is 12.5. The molecule has 122 valence electrons. The summed E-state index contributed by atoms with van der Waals surface area (Å²) in [5.41, 5.74) is 0. The van der Waals surface area contributed by atoms with Crippen molar-refractivity contribution < 1.29 is 27.9 Å². The van der Waals surface area contributed by atoms with Gasteiger partial charge in [0.1, 0.15) is 0 Å². The first kappa shape index (κ1) is 17.6. The average molecular weight is 310 g/mol. The van der Waals surface area contributed by atoms with Gasteiger partial charge in [-0.15, -0.1) is 0 Å². The fraction of sp³-hybridized carbons (Fsp3) is 0.846. The number of alkyl halides is 3. The van der Waals surface area contributed by atoms with Crippen molar-refractivity contribution >= 4 is 12.0 Å². The van der Waals surface area contributed by atoms with Crippen molar-refractivity contribution in [2.45, 2.75) is 45.3 Å². The molecule has 0 radical (unpaired) electrons. The quantitative estimate of drug-likeness (QED) is 0.838. The molecular weight excluding hydrogens is 289 g/mol. The van der Waals surface area contributed by atoms with Crippen LogP contribution < -0.4 is 5.32 Å². The molecule has 21 heavy (non-hydrogen) atoms. The molecule has 8 heteroatoms. The first-order valence-electron chi connectivity index (χ1n) is 6.95. The summed E-state index contributed by atoms with van der Waals surface area (Å²) in [5.74, 6) is -2.45. The number of amides is 2. The van der Waals surface area contributed by atoms with E-state index < -0.39 is 30.1 Å². The average Bonchev–Trinajstić information content (AvgIpc) is 2.36. The lowest BCUT2D eigenvalue weighted by Gasteiger charge is -2.34. The van der Waals surface area contributed by atoms with E-state index in [0.29, 0.717) is 0 Å². The molecule has 2 amide bonds. The minimum atomic E-state index is -4.22. The van der Waals surface area contributed by atoms with Gasteiger partial charge in [0, 0.05) is 19.1 Å². The van der Waals surface area contributed by atoms with Crippen LogP contribution in [0.25, 0.3) is 0 Å². The maximum Gasteiger partial charge on any atom is 0.391 e. The standard InChI is InChI=1S/C13H21F3N2O3/c1-8(2)10(7-11(19)20)17-12(21)18-5-3-9(4-6-18)13(14,15)16/h8-10H,3-7H2,1-2H3,(H,17,21)(H,19,20). The van der Waals surface area contributed by atoms with E-state index in [0.717, 1.165) is 0 Å². The molecule has 1 rings (SSSR count). The molecule has 1 unspecified atom stereocenters. The number of halogens is 3. The van der Waals surface area contributed by atoms with E-state index in [9.17, 15) is 22.8 Å². The van der Waals surface area contributed by atoms with Gasteiger partial charge in [0.15, 0.2) is 0 Å². The van der Waals surface area contributed by atoms with Crippen molar-refractivity contribution in [1.29, 1.82) is 0 Å². The van der Waals surface area contributed by atoms with Crippen LogP contribution in [0.5, 0.6) is 0 Å². The third-order valence-electron chi connectivity index (χ3n) is 3.75. The van der Waals surface area contributed by atoms with Crippen LogP contribution >= 0.6 is 0 Å². The van der Waals surface area contributed by atoms with Crippen molar-refractivity contribution in [2.75, 3.05) is 13.1 Å². The molecule has 0 aliphatic carbocycles. The number of nitrogens with zero attached hydrogens (tertiary/aromatic N) is 1. The Bertz CT molecular complexity index is 377. The molecule has 0 aromatic carbocycles. The lowest BCUT2D eigenvalue weighted by molar-refractivity contribution is -0.183. The van der Waals surface area contributed by atoms with E-state index >= 15 is 0 Å². The number of carboxylic acid groups (broad SMARTS) is 1. The van der Waals surface area contributed by atoms with Crippen molar-refractivity contribution in [3.63, 3.8) is 0 Å². The summed E-state index contributed by atoms with van der Waals surface area (Å²) in [6, 6.07) is -1.02. The number of carboxylic acids is 1. The van der Waals surface area contributed by atoms with Gasteiger partial charge in [-0.3, -0.25) is 4.79 Å². The van der Waals surface area contributed by atoms with Gasteiger partial charge in [0.2, 0.25) is 0 Å². The summed E-state index contributed by atoms with van der Waals surface area (Å²) in [6.45, 7) is 3.63. The summed E-state index contributed by atoms with van der Waals surface area (Å²) >= 11 is 0. The van der Waals surface area contributed by atoms with E-state index in [1.54, 1.807) is 13.8 Å². The Kier molecular flexibility index (Phi) is 5.86. The van der Waals surface area contributed by atoms with Gasteiger partial charge in [-0.1, -0.05) is 13.8 Å². The number of piperidine rings is 1. The van der Waals surface area contributed by atoms with Gasteiger partial charge in [0.05, 0.1) is 12.3 Å². The lowest BCUT2D eigenvalue weighted by Crippen LogP contribution is -2.50. The second kappa shape index (κ2) is 7.00. The fourth-order valence-electron chi connectivity index (χ4n) is 2.30. The van der Waals surface area contributed by atoms with Crippen LogP contribution in [0.1, 0.15) is 33.1 Å². The van der Waals surface area contributed by atoms with E-state index in [4.69, 9.17) is 5.11 Å². The van der Waals surface area contributed by atoms with Crippen molar-refractivity contribution in [3.8, 4) is 0 Å². The summed E-state index contributed by atoms with van der Waals surface area (Å²) < 4.78 is 37.6. The normalized spacial score (nSPS) is 18.7. The first-order chi connectivity index (χ1) is 9.61. The van der Waals surface area contributed by atoms with Gasteiger partial charge in [-0.05, 0) is 18.8 Å². The molecule has 2 N–H and O–H groups in total. The molecule has 1 heterocycles. The molecular formula is C13H21F3N2O3. The third-order valence-corrected chi connectivity index (χ3v) is 3.75. The topological polar surface area (TPSA) is 69.6 Å². The number of aliphatic carboxylic acids is 1. The predicted molar refractivity (Wildman–Crippen MR) is 69.8 cm³/mol. The van der Waals surface area contributed by atoms with Crippen LogP contribution in [0, 0.1) is 11.8 Å². The molecule has 1 aliphatic heterocycles. The van der Waals surface area contributed by atoms with E-state index in [2.05, 4.69) is 5.32 Å². The Balaban J connectivity index is 2.51. The van der Waals surface area contributed by atoms with E-state index in [-0.39, 0.29) is 38.3 Å². The summed E-state index contributed by atoms with van der Waals surface area (Å²) in [6.07, 6.45) is -4.64. The summed E-state index contributed by atoms with van der Waals surface area (Å²) in [4.78, 5) is 24.0. The number of likely N-dealkylation sites (tertiary alicyclic amines) is 1. The second-order valence-corrected chi connectivity index (χ2v) is 5.70. The number of nitrogens with one attached hydrogen (secondary N) is 1. The zero-order valence-corrected chi connectivity index (χ0v) is 12.1. The number of carbonyl (C=O) groups excluding carboxylic acids is 1. The molecule has 5 nitrogen and oxygen atoms in total. The Morgan fingerprint density at radius 2 is 1.81 bits per heavy atom. The van der Waals surface area contributed by atoms with Crippen molar-refractivity contribution in [2.24, 2.45) is 11.8 Å². The molecule has 1 atom stereocenters. The zero-order valence-electron chi connectivity index (χ0n) is 12.1. The maximum atomic E-state index is 12.5. The van der Waals surface area contributed by atoms with Gasteiger partial charge < -0.3 is 15.3 Å². The SMILES string of the molecule is CC(C)C(CC(=O)O)NC(=O)N1CCC(C(F)(F)F)CC1. The van der Waals surface area contributed by atoms with Gasteiger partial charge in [0.25, 0.3) is 0 Å². The third kappa shape index (κ3) is 5.43. The predicted octanol–water partition coefficient (Wildman–Crippen LogP) is 2.47. The number of rotatable bonds is 4. The van der Waals surface area contributed by atoms with Gasteiger partial charge >= 0.3 is 18.2 Å². The highest BCUT2D eigenvalue weighted by Crippen LogP contribution is 2.34. The second-order valence-electron chi connectivity index (χ2n) is 5.70. The number of carbonyl (C=O) groups is 2. The van der Waals surface area contributed by atoms with Crippen molar-refractivity contribution in [3.05, 3.63) is 0 Å². The van der Waals surface area contributed by atoms with Crippen LogP contribution in [-0.2, 0) is 4.79 Å². The minimum absolute atomic E-state index is 0.0356. The molecule has 0 aromatic heterocycles. The first-order valence-corrected chi connectivity index (χ1v) is 6.95. The van der Waals surface area contributed by atoms with Crippen LogP contribution in [0.3, 0.4) is 0 Å². The largest absolute Gasteiger partial charge is 0.481 e. The Morgan fingerprint density at radius 1 is 1.29 bits per heavy atom. The van der Waals surface area contributed by atoms with Crippen LogP contribution in [0.4, 0.5) is 18.0 Å². The molecule has 1 saturated heterocycles. The smallest absolute Gasteiger partial charge is 0.391 e. The highest BCUT2D eigenvalue weighted by Gasteiger charge is 2.41. The van der Waals surface area contributed by atoms with E-state index in [1.165, 1.54) is 4.90 Å². The molecule has 0 saturated carbocycles. The fourth-order valence-corrected chi connectivity index (χ4v) is 2.30. The van der Waals surface area contributed by atoms with E-state index in [1.807, 2.05) is 0 Å². The molecule has 1 fully saturated rings. The molecule has 1 aliphatic rings. The summed E-state index contributed by atoms with van der Waals surface area (Å²) in [7, 11) is 0. The monoisotopic (exact) mass is 310 g/mol. The van der Waals surface area contributed by atoms with Crippen molar-refractivity contribution in [1.82, 2.24) is 10.2 Å².